The molecule has 0 saturated carbocycles. The maximum atomic E-state index is 8.98. The van der Waals surface area contributed by atoms with E-state index in [9.17, 15) is 0 Å². The van der Waals surface area contributed by atoms with Gasteiger partial charge in [-0.25, -0.2) is 4.98 Å². The van der Waals surface area contributed by atoms with E-state index in [2.05, 4.69) is 37.1 Å². The number of hydrogen-bond donors (Lipinski definition) is 1. The first-order valence-corrected chi connectivity index (χ1v) is 6.30. The molecule has 3 heteroatoms. The number of rotatable bonds is 6. The summed E-state index contributed by atoms with van der Waals surface area (Å²) in [5.41, 5.74) is 1.69. The van der Waals surface area contributed by atoms with E-state index in [0.717, 1.165) is 24.8 Å². The highest BCUT2D eigenvalue weighted by molar-refractivity contribution is 5.30. The third-order valence-electron chi connectivity index (χ3n) is 3.68. The molecule has 1 N–H and O–H groups in total. The molecule has 92 valence electrons. The van der Waals surface area contributed by atoms with Crippen molar-refractivity contribution < 1.29 is 0 Å². The van der Waals surface area contributed by atoms with Gasteiger partial charge in [-0.05, 0) is 25.3 Å². The quantitative estimate of drug-likeness (QED) is 0.818. The van der Waals surface area contributed by atoms with Crippen LogP contribution in [0.25, 0.3) is 0 Å². The molecule has 17 heavy (non-hydrogen) atoms. The molecular formula is C14H21N3. The minimum atomic E-state index is 0.183. The van der Waals surface area contributed by atoms with E-state index in [1.54, 1.807) is 6.20 Å². The van der Waals surface area contributed by atoms with Crippen LogP contribution < -0.4 is 5.32 Å². The Morgan fingerprint density at radius 2 is 1.94 bits per heavy atom. The number of aromatic nitrogens is 1. The molecule has 0 saturated heterocycles. The second kappa shape index (κ2) is 6.36. The third-order valence-corrected chi connectivity index (χ3v) is 3.68. The standard InChI is InChI=1S/C14H21N3/c1-4-14(5-2,6-3)17-11-12-8-7-9-16-13(12)10-15/h7-9,17H,4-6,11H2,1-3H3. The zero-order valence-electron chi connectivity index (χ0n) is 11.0. The smallest absolute Gasteiger partial charge is 0.144 e. The van der Waals surface area contributed by atoms with Crippen LogP contribution in [0.2, 0.25) is 0 Å². The van der Waals surface area contributed by atoms with E-state index < -0.39 is 0 Å². The molecule has 0 atom stereocenters. The van der Waals surface area contributed by atoms with Crippen LogP contribution in [0.4, 0.5) is 0 Å². The second-order valence-electron chi connectivity index (χ2n) is 4.32. The summed E-state index contributed by atoms with van der Waals surface area (Å²) < 4.78 is 0. The Kier molecular flexibility index (Phi) is 5.11. The second-order valence-corrected chi connectivity index (χ2v) is 4.32. The van der Waals surface area contributed by atoms with Gasteiger partial charge >= 0.3 is 0 Å². The highest BCUT2D eigenvalue weighted by atomic mass is 15.0. The van der Waals surface area contributed by atoms with E-state index in [0.29, 0.717) is 12.2 Å². The maximum Gasteiger partial charge on any atom is 0.144 e. The first-order valence-electron chi connectivity index (χ1n) is 6.30. The van der Waals surface area contributed by atoms with Gasteiger partial charge < -0.3 is 5.32 Å². The summed E-state index contributed by atoms with van der Waals surface area (Å²) in [5, 5.41) is 12.6. The lowest BCUT2D eigenvalue weighted by Crippen LogP contribution is -2.43. The van der Waals surface area contributed by atoms with Crippen molar-refractivity contribution in [2.75, 3.05) is 0 Å². The number of hydrogen-bond acceptors (Lipinski definition) is 3. The molecule has 1 rings (SSSR count). The van der Waals surface area contributed by atoms with Crippen LogP contribution in [-0.2, 0) is 6.54 Å². The molecule has 0 spiro atoms. The lowest BCUT2D eigenvalue weighted by molar-refractivity contribution is 0.288. The fraction of sp³-hybridized carbons (Fsp3) is 0.571. The molecule has 3 nitrogen and oxygen atoms in total. The highest BCUT2D eigenvalue weighted by Gasteiger charge is 2.22. The number of pyridine rings is 1. The van der Waals surface area contributed by atoms with Gasteiger partial charge in [0.2, 0.25) is 0 Å². The predicted molar refractivity (Wildman–Crippen MR) is 69.4 cm³/mol. The van der Waals surface area contributed by atoms with Gasteiger partial charge in [0, 0.05) is 23.8 Å². The van der Waals surface area contributed by atoms with Crippen molar-refractivity contribution in [3.8, 4) is 6.07 Å². The molecule has 1 aromatic heterocycles. The van der Waals surface area contributed by atoms with E-state index in [1.165, 1.54) is 0 Å². The number of nitrogens with one attached hydrogen (secondary N) is 1. The summed E-state index contributed by atoms with van der Waals surface area (Å²) in [6.07, 6.45) is 4.96. The lowest BCUT2D eigenvalue weighted by Gasteiger charge is -2.32. The zero-order chi connectivity index (χ0) is 12.7. The van der Waals surface area contributed by atoms with Gasteiger partial charge in [-0.1, -0.05) is 26.8 Å². The Morgan fingerprint density at radius 3 is 2.47 bits per heavy atom. The van der Waals surface area contributed by atoms with Crippen molar-refractivity contribution in [3.05, 3.63) is 29.6 Å². The molecule has 0 amide bonds. The molecule has 0 unspecified atom stereocenters. The normalized spacial score (nSPS) is 11.2. The average Bonchev–Trinajstić information content (AvgIpc) is 2.41. The molecule has 0 fully saturated rings. The van der Waals surface area contributed by atoms with Crippen LogP contribution in [0, 0.1) is 11.3 Å². The Labute approximate surface area is 104 Å². The SMILES string of the molecule is CCC(CC)(CC)NCc1cccnc1C#N. The fourth-order valence-corrected chi connectivity index (χ4v) is 2.09. The van der Waals surface area contributed by atoms with Gasteiger partial charge in [-0.15, -0.1) is 0 Å². The van der Waals surface area contributed by atoms with Gasteiger partial charge in [0.25, 0.3) is 0 Å². The molecule has 0 aliphatic heterocycles. The highest BCUT2D eigenvalue weighted by Crippen LogP contribution is 2.20. The monoisotopic (exact) mass is 231 g/mol. The van der Waals surface area contributed by atoms with Crippen molar-refractivity contribution in [1.82, 2.24) is 10.3 Å². The van der Waals surface area contributed by atoms with Crippen molar-refractivity contribution in [3.63, 3.8) is 0 Å². The van der Waals surface area contributed by atoms with Crippen molar-refractivity contribution in [2.45, 2.75) is 52.1 Å². The third kappa shape index (κ3) is 3.28. The molecule has 0 aliphatic carbocycles. The van der Waals surface area contributed by atoms with Crippen LogP contribution >= 0.6 is 0 Å². The van der Waals surface area contributed by atoms with Crippen LogP contribution in [-0.4, -0.2) is 10.5 Å². The van der Waals surface area contributed by atoms with Crippen LogP contribution in [0.3, 0.4) is 0 Å². The molecule has 0 aliphatic rings. The van der Waals surface area contributed by atoms with Gasteiger partial charge in [-0.3, -0.25) is 0 Å². The predicted octanol–water partition coefficient (Wildman–Crippen LogP) is 3.01. The van der Waals surface area contributed by atoms with Crippen LogP contribution in [0.5, 0.6) is 0 Å². The van der Waals surface area contributed by atoms with Crippen molar-refractivity contribution in [2.24, 2.45) is 0 Å². The molecule has 0 radical (unpaired) electrons. The molecular weight excluding hydrogens is 210 g/mol. The van der Waals surface area contributed by atoms with Crippen LogP contribution in [0.1, 0.15) is 51.3 Å². The Morgan fingerprint density at radius 1 is 1.29 bits per heavy atom. The van der Waals surface area contributed by atoms with E-state index in [-0.39, 0.29) is 5.54 Å². The number of nitriles is 1. The summed E-state index contributed by atoms with van der Waals surface area (Å²) in [6.45, 7) is 7.32. The summed E-state index contributed by atoms with van der Waals surface area (Å²) in [4.78, 5) is 4.07. The molecule has 1 aromatic rings. The van der Waals surface area contributed by atoms with Gasteiger partial charge in [0.05, 0.1) is 0 Å². The zero-order valence-corrected chi connectivity index (χ0v) is 11.0. The summed E-state index contributed by atoms with van der Waals surface area (Å²) in [6, 6.07) is 5.98. The first-order chi connectivity index (χ1) is 8.21. The average molecular weight is 231 g/mol. The first kappa shape index (κ1) is 13.7. The lowest BCUT2D eigenvalue weighted by atomic mass is 9.89. The van der Waals surface area contributed by atoms with Crippen LogP contribution in [0.15, 0.2) is 18.3 Å². The van der Waals surface area contributed by atoms with Gasteiger partial charge in [0.15, 0.2) is 0 Å². The van der Waals surface area contributed by atoms with E-state index >= 15 is 0 Å². The van der Waals surface area contributed by atoms with Gasteiger partial charge in [0.1, 0.15) is 11.8 Å². The summed E-state index contributed by atoms with van der Waals surface area (Å²) >= 11 is 0. The minimum absolute atomic E-state index is 0.183. The Hall–Kier alpha value is -1.40. The largest absolute Gasteiger partial charge is 0.307 e. The Bertz CT molecular complexity index is 380. The number of nitrogens with zero attached hydrogens (tertiary/aromatic N) is 2. The molecule has 0 bridgehead atoms. The van der Waals surface area contributed by atoms with E-state index in [1.807, 2.05) is 12.1 Å². The molecule has 1 heterocycles. The van der Waals surface area contributed by atoms with E-state index in [4.69, 9.17) is 5.26 Å². The summed E-state index contributed by atoms with van der Waals surface area (Å²) in [5.74, 6) is 0. The van der Waals surface area contributed by atoms with Crippen molar-refractivity contribution >= 4 is 0 Å². The topological polar surface area (TPSA) is 48.7 Å². The fourth-order valence-electron chi connectivity index (χ4n) is 2.09. The minimum Gasteiger partial charge on any atom is -0.307 e. The Balaban J connectivity index is 2.76. The van der Waals surface area contributed by atoms with Gasteiger partial charge in [-0.2, -0.15) is 5.26 Å². The van der Waals surface area contributed by atoms with Crippen molar-refractivity contribution in [1.29, 1.82) is 5.26 Å². The molecule has 0 aromatic carbocycles. The maximum absolute atomic E-state index is 8.98. The summed E-state index contributed by atoms with van der Waals surface area (Å²) in [7, 11) is 0.